The number of hydrogen-bond donors (Lipinski definition) is 0. The third-order valence-electron chi connectivity index (χ3n) is 15.0. The summed E-state index contributed by atoms with van der Waals surface area (Å²) in [5, 5.41) is 25.4. The van der Waals surface area contributed by atoms with Gasteiger partial charge in [0.1, 0.15) is 12.1 Å². The third-order valence-corrected chi connectivity index (χ3v) is 15.0. The lowest BCUT2D eigenvalue weighted by Crippen LogP contribution is -2.27. The quantitative estimate of drug-likeness (QED) is 0.167. The van der Waals surface area contributed by atoms with Gasteiger partial charge in [-0.3, -0.25) is 0 Å². The Bertz CT molecular complexity index is 3620. The first kappa shape index (κ1) is 43.6. The van der Waals surface area contributed by atoms with Gasteiger partial charge in [0.05, 0.1) is 27.9 Å². The summed E-state index contributed by atoms with van der Waals surface area (Å²) < 4.78 is 0. The molecule has 10 aromatic carbocycles. The Balaban J connectivity index is 1.16. The topological polar surface area (TPSA) is 54.1 Å². The van der Waals surface area contributed by atoms with Gasteiger partial charge in [0, 0.05) is 22.7 Å². The predicted molar refractivity (Wildman–Crippen MR) is 294 cm³/mol. The zero-order valence-corrected chi connectivity index (χ0v) is 40.9. The van der Waals surface area contributed by atoms with Gasteiger partial charge in [-0.25, -0.2) is 0 Å². The van der Waals surface area contributed by atoms with Crippen LogP contribution in [0.3, 0.4) is 0 Å². The zero-order valence-electron chi connectivity index (χ0n) is 40.9. The summed E-state index contributed by atoms with van der Waals surface area (Å²) in [6, 6.07) is 78.9. The van der Waals surface area contributed by atoms with Crippen molar-refractivity contribution in [2.45, 2.75) is 57.8 Å². The van der Waals surface area contributed by atoms with Crippen molar-refractivity contribution in [1.82, 2.24) is 0 Å². The molecule has 0 atom stereocenters. The smallest absolute Gasteiger partial charge is 0.101 e. The maximum atomic E-state index is 10.4. The fourth-order valence-electron chi connectivity index (χ4n) is 11.6. The maximum Gasteiger partial charge on any atom is 0.101 e. The molecule has 0 bridgehead atoms. The Labute approximate surface area is 417 Å². The second-order valence-corrected chi connectivity index (χ2v) is 21.2. The Hall–Kier alpha value is -8.70. The Morgan fingerprint density at radius 1 is 0.366 bits per heavy atom. The largest absolute Gasteiger partial charge is 0.309 e. The molecule has 71 heavy (non-hydrogen) atoms. The number of nitrogens with zero attached hydrogens (tertiary/aromatic N) is 4. The molecule has 0 saturated heterocycles. The minimum absolute atomic E-state index is 0.0617. The van der Waals surface area contributed by atoms with Crippen molar-refractivity contribution in [3.05, 3.63) is 251 Å². The Kier molecular flexibility index (Phi) is 9.94. The van der Waals surface area contributed by atoms with Gasteiger partial charge in [-0.1, -0.05) is 175 Å². The number of fused-ring (bicyclic) bond motifs is 14. The summed E-state index contributed by atoms with van der Waals surface area (Å²) in [6.45, 7) is 13.9. The molecule has 0 heterocycles. The molecule has 0 unspecified atom stereocenters. The van der Waals surface area contributed by atoms with E-state index in [0.717, 1.165) is 44.9 Å². The molecule has 1 spiro atoms. The number of anilines is 6. The second-order valence-electron chi connectivity index (χ2n) is 21.2. The van der Waals surface area contributed by atoms with Crippen molar-refractivity contribution in [1.29, 1.82) is 10.5 Å². The molecule has 2 aliphatic rings. The van der Waals surface area contributed by atoms with E-state index >= 15 is 0 Å². The summed E-state index contributed by atoms with van der Waals surface area (Å²) >= 11 is 0. The van der Waals surface area contributed by atoms with Crippen molar-refractivity contribution in [2.24, 2.45) is 0 Å². The number of rotatable bonds is 6. The molecule has 4 nitrogen and oxygen atoms in total. The van der Waals surface area contributed by atoms with E-state index < -0.39 is 5.41 Å². The third kappa shape index (κ3) is 6.71. The van der Waals surface area contributed by atoms with Crippen molar-refractivity contribution < 1.29 is 0 Å². The van der Waals surface area contributed by atoms with Crippen LogP contribution < -0.4 is 9.80 Å². The molecule has 0 radical (unpaired) electrons. The first-order valence-electron chi connectivity index (χ1n) is 24.5. The van der Waals surface area contributed by atoms with E-state index in [-0.39, 0.29) is 10.8 Å². The molecule has 0 amide bonds. The summed E-state index contributed by atoms with van der Waals surface area (Å²) in [7, 11) is 0. The van der Waals surface area contributed by atoms with Crippen molar-refractivity contribution in [3.8, 4) is 34.4 Å². The normalized spacial score (nSPS) is 13.0. The van der Waals surface area contributed by atoms with Gasteiger partial charge in [-0.05, 0) is 161 Å². The van der Waals surface area contributed by atoms with Crippen LogP contribution >= 0.6 is 0 Å². The first-order chi connectivity index (χ1) is 34.4. The van der Waals surface area contributed by atoms with E-state index in [0.29, 0.717) is 11.1 Å². The second kappa shape index (κ2) is 16.2. The van der Waals surface area contributed by atoms with E-state index in [1.165, 1.54) is 66.4 Å². The monoisotopic (exact) mass is 912 g/mol. The van der Waals surface area contributed by atoms with Crippen LogP contribution in [0.2, 0.25) is 0 Å². The summed E-state index contributed by atoms with van der Waals surface area (Å²) in [5.41, 5.74) is 18.8. The molecule has 0 aromatic heterocycles. The molecule has 4 heteroatoms. The van der Waals surface area contributed by atoms with Crippen LogP contribution in [0.25, 0.3) is 43.8 Å². The van der Waals surface area contributed by atoms with Crippen molar-refractivity contribution in [2.75, 3.05) is 9.80 Å². The standard InChI is InChI=1S/C67H52N4/c1-65(2,3)47-27-35-59-57(39-47)58-40-48(66(4,5)6)28-36-60(58)67(59)63-53-33-29-51(70(49-19-9-7-10-20-49)61-23-15-13-17-45(61)41-68)37-43(53)25-31-55(63)56-32-26-44-38-52(30-34-54(44)64(56)67)71(50-21-11-8-12-22-50)62-24-16-14-18-46(62)42-69/h7-40H,1-6H3. The summed E-state index contributed by atoms with van der Waals surface area (Å²) in [6.07, 6.45) is 0. The number of nitriles is 2. The van der Waals surface area contributed by atoms with Gasteiger partial charge < -0.3 is 9.80 Å². The Morgan fingerprint density at radius 2 is 0.761 bits per heavy atom. The SMILES string of the molecule is CC(C)(C)c1ccc2c(c1)-c1cc(C(C)(C)C)ccc1C21c2c(ccc3cc(N(c4ccccc4)c4ccccc4C#N)ccc23)-c2ccc3cc(N(c4ccccc4)c4ccccc4C#N)ccc3c21. The predicted octanol–water partition coefficient (Wildman–Crippen LogP) is 17.6. The van der Waals surface area contributed by atoms with Crippen molar-refractivity contribution in [3.63, 3.8) is 0 Å². The lowest BCUT2D eigenvalue weighted by Gasteiger charge is -2.33. The van der Waals surface area contributed by atoms with E-state index in [1.54, 1.807) is 0 Å². The van der Waals surface area contributed by atoms with Crippen LogP contribution in [0.1, 0.15) is 86.1 Å². The average molecular weight is 913 g/mol. The van der Waals surface area contributed by atoms with Crippen LogP contribution in [0.5, 0.6) is 0 Å². The van der Waals surface area contributed by atoms with Crippen LogP contribution in [-0.2, 0) is 16.2 Å². The first-order valence-corrected chi connectivity index (χ1v) is 24.5. The molecule has 0 saturated carbocycles. The number of benzene rings is 10. The highest BCUT2D eigenvalue weighted by Gasteiger charge is 2.54. The van der Waals surface area contributed by atoms with Crippen molar-refractivity contribution >= 4 is 55.7 Å². The minimum Gasteiger partial charge on any atom is -0.309 e. The number of para-hydroxylation sites is 4. The average Bonchev–Trinajstić information content (AvgIpc) is 3.87. The van der Waals surface area contributed by atoms with E-state index in [1.807, 2.05) is 60.7 Å². The molecule has 12 rings (SSSR count). The van der Waals surface area contributed by atoms with Gasteiger partial charge in [0.2, 0.25) is 0 Å². The van der Waals surface area contributed by atoms with Crippen LogP contribution in [-0.4, -0.2) is 0 Å². The lowest BCUT2D eigenvalue weighted by atomic mass is 9.68. The van der Waals surface area contributed by atoms with Crippen LogP contribution in [0, 0.1) is 22.7 Å². The highest BCUT2D eigenvalue weighted by Crippen LogP contribution is 2.66. The van der Waals surface area contributed by atoms with E-state index in [2.05, 4.69) is 209 Å². The van der Waals surface area contributed by atoms with Gasteiger partial charge in [0.15, 0.2) is 0 Å². The van der Waals surface area contributed by atoms with Crippen LogP contribution in [0.15, 0.2) is 206 Å². The van der Waals surface area contributed by atoms with Gasteiger partial charge in [-0.15, -0.1) is 0 Å². The minimum atomic E-state index is -0.677. The summed E-state index contributed by atoms with van der Waals surface area (Å²) in [4.78, 5) is 4.41. The van der Waals surface area contributed by atoms with Gasteiger partial charge in [0.25, 0.3) is 0 Å². The lowest BCUT2D eigenvalue weighted by molar-refractivity contribution is 0.589. The zero-order chi connectivity index (χ0) is 48.8. The molecule has 0 aliphatic heterocycles. The van der Waals surface area contributed by atoms with Gasteiger partial charge in [-0.2, -0.15) is 10.5 Å². The van der Waals surface area contributed by atoms with Crippen LogP contribution in [0.4, 0.5) is 34.1 Å². The molecule has 10 aromatic rings. The fraction of sp³-hybridized carbons (Fsp3) is 0.134. The number of hydrogen-bond acceptors (Lipinski definition) is 4. The molecular weight excluding hydrogens is 861 g/mol. The highest BCUT2D eigenvalue weighted by atomic mass is 15.1. The van der Waals surface area contributed by atoms with E-state index in [4.69, 9.17) is 0 Å². The fourth-order valence-corrected chi connectivity index (χ4v) is 11.6. The molecule has 340 valence electrons. The molecule has 2 aliphatic carbocycles. The van der Waals surface area contributed by atoms with Gasteiger partial charge >= 0.3 is 0 Å². The Morgan fingerprint density at radius 3 is 1.15 bits per heavy atom. The molecule has 0 fully saturated rings. The maximum absolute atomic E-state index is 10.4. The van der Waals surface area contributed by atoms with E-state index in [9.17, 15) is 10.5 Å². The molecule has 0 N–H and O–H groups in total. The highest BCUT2D eigenvalue weighted by molar-refractivity contribution is 6.10. The summed E-state index contributed by atoms with van der Waals surface area (Å²) in [5.74, 6) is 0. The molecular formula is C67H52N4.